The van der Waals surface area contributed by atoms with Crippen LogP contribution in [0.2, 0.25) is 0 Å². The van der Waals surface area contributed by atoms with E-state index in [1.807, 2.05) is 81.4 Å². The van der Waals surface area contributed by atoms with E-state index in [0.29, 0.717) is 47.3 Å². The Labute approximate surface area is 399 Å². The van der Waals surface area contributed by atoms with Gasteiger partial charge in [0.05, 0.1) is 24.1 Å². The monoisotopic (exact) mass is 934 g/mol. The predicted octanol–water partition coefficient (Wildman–Crippen LogP) is 11.2. The fraction of sp³-hybridized carbons (Fsp3) is 0.444. The van der Waals surface area contributed by atoms with Crippen LogP contribution in [-0.2, 0) is 20.9 Å². The molecule has 4 aliphatic rings. The Morgan fingerprint density at radius 2 is 1.61 bits per heavy atom. The first-order valence-electron chi connectivity index (χ1n) is 23.5. The minimum absolute atomic E-state index is 0.0134. The van der Waals surface area contributed by atoms with Crippen molar-refractivity contribution in [1.29, 1.82) is 0 Å². The van der Waals surface area contributed by atoms with Crippen LogP contribution in [0.25, 0.3) is 11.1 Å². The molecule has 0 spiro atoms. The first-order valence-corrected chi connectivity index (χ1v) is 24.1. The first-order chi connectivity index (χ1) is 32.5. The smallest absolute Gasteiger partial charge is 0.410 e. The molecule has 0 aromatic heterocycles. The number of amides is 1. The highest BCUT2D eigenvalue weighted by atomic mass is 35.5. The summed E-state index contributed by atoms with van der Waals surface area (Å²) in [5.74, 6) is 1.01. The third-order valence-electron chi connectivity index (χ3n) is 13.0. The standard InChI is InChI=1S/C54H63ClN2O10/c1-5-28-64-54-49(57(52(60)61-29-25-55)34-36-17-23-47-48(30-36)63-35-62-47)33-45(56-67-53(2,3)4)43-31-39(15-9-11-26-58)42(16-10-12-27-59)50(51(43)54)44-32-41(22-24-46(44)66-54)65-40-20-18-38(19-21-40)37-13-7-6-8-14-37/h5-8,13-14,17-24,30-32,39,42,49-51,58-59H,1,9-12,15-16,25-29,33-35H2,2-4H3. The summed E-state index contributed by atoms with van der Waals surface area (Å²) in [4.78, 5) is 22.7. The Kier molecular flexibility index (Phi) is 15.5. The number of carbonyl (C=O) groups is 1. The van der Waals surface area contributed by atoms with Gasteiger partial charge in [0.25, 0.3) is 0 Å². The predicted molar refractivity (Wildman–Crippen MR) is 258 cm³/mol. The average molecular weight is 936 g/mol. The van der Waals surface area contributed by atoms with Gasteiger partial charge < -0.3 is 43.5 Å². The summed E-state index contributed by atoms with van der Waals surface area (Å²) in [7, 11) is 0. The average Bonchev–Trinajstić information content (AvgIpc) is 3.81. The number of unbranched alkanes of at least 4 members (excludes halogenated alkanes) is 2. The third kappa shape index (κ3) is 10.8. The summed E-state index contributed by atoms with van der Waals surface area (Å²) in [5, 5.41) is 25.0. The van der Waals surface area contributed by atoms with Crippen molar-refractivity contribution in [2.45, 2.75) is 95.6 Å². The number of hydrogen-bond acceptors (Lipinski definition) is 11. The lowest BCUT2D eigenvalue weighted by Crippen LogP contribution is -2.70. The van der Waals surface area contributed by atoms with Gasteiger partial charge >= 0.3 is 6.09 Å². The molecular formula is C54H63ClN2O10. The van der Waals surface area contributed by atoms with Crippen LogP contribution in [0.3, 0.4) is 0 Å². The number of halogens is 1. The SMILES string of the molecule is C=CCOC12Oc3ccc(Oc4ccc(-c5ccccc5)cc4)cc3C3C(CCCCO)C(CCCCO)C=C(C(=NOC(C)(C)C)CC1N(Cc1ccc4c(c1)OCO4)C(=O)OCCCl)C32. The van der Waals surface area contributed by atoms with Crippen molar-refractivity contribution < 1.29 is 48.3 Å². The maximum absolute atomic E-state index is 14.7. The molecule has 2 aliphatic carbocycles. The van der Waals surface area contributed by atoms with E-state index in [1.54, 1.807) is 11.0 Å². The molecule has 12 nitrogen and oxygen atoms in total. The van der Waals surface area contributed by atoms with Gasteiger partial charge in [0.2, 0.25) is 12.6 Å². The van der Waals surface area contributed by atoms with E-state index in [-0.39, 0.29) is 69.8 Å². The molecule has 1 amide bonds. The van der Waals surface area contributed by atoms with Crippen LogP contribution in [-0.4, -0.2) is 83.4 Å². The lowest BCUT2D eigenvalue weighted by Gasteiger charge is -2.60. The van der Waals surface area contributed by atoms with Crippen LogP contribution in [0.15, 0.2) is 120 Å². The number of allylic oxidation sites excluding steroid dienone is 1. The molecule has 13 heteroatoms. The summed E-state index contributed by atoms with van der Waals surface area (Å²) in [6.45, 7) is 10.4. The van der Waals surface area contributed by atoms with Gasteiger partial charge in [0.15, 0.2) is 11.5 Å². The molecule has 1 fully saturated rings. The van der Waals surface area contributed by atoms with E-state index in [9.17, 15) is 15.0 Å². The highest BCUT2D eigenvalue weighted by Gasteiger charge is 2.66. The number of nitrogens with zero attached hydrogens (tertiary/aromatic N) is 2. The number of rotatable bonds is 20. The molecule has 4 aromatic carbocycles. The summed E-state index contributed by atoms with van der Waals surface area (Å²) < 4.78 is 38.5. The summed E-state index contributed by atoms with van der Waals surface area (Å²) in [5.41, 5.74) is 4.88. The molecule has 2 heterocycles. The van der Waals surface area contributed by atoms with E-state index in [0.717, 1.165) is 53.5 Å². The van der Waals surface area contributed by atoms with Gasteiger partial charge in [-0.05, 0) is 123 Å². The number of aliphatic hydroxyl groups excluding tert-OH is 2. The minimum atomic E-state index is -1.50. The van der Waals surface area contributed by atoms with Gasteiger partial charge in [-0.15, -0.1) is 18.2 Å². The Hall–Kier alpha value is -5.53. The molecule has 0 bridgehead atoms. The van der Waals surface area contributed by atoms with Crippen LogP contribution in [0.4, 0.5) is 4.79 Å². The Bertz CT molecular complexity index is 2380. The number of fused-ring (bicyclic) bond motifs is 3. The first kappa shape index (κ1) is 47.9. The van der Waals surface area contributed by atoms with Gasteiger partial charge in [-0.2, -0.15) is 0 Å². The Morgan fingerprint density at radius 3 is 2.34 bits per heavy atom. The van der Waals surface area contributed by atoms with E-state index in [4.69, 9.17) is 50.0 Å². The molecule has 6 unspecified atom stereocenters. The zero-order valence-corrected chi connectivity index (χ0v) is 39.5. The molecule has 0 saturated heterocycles. The molecule has 67 heavy (non-hydrogen) atoms. The Balaban J connectivity index is 1.31. The molecule has 1 saturated carbocycles. The largest absolute Gasteiger partial charge is 0.459 e. The number of oxime groups is 1. The molecule has 8 rings (SSSR count). The van der Waals surface area contributed by atoms with E-state index < -0.39 is 29.4 Å². The van der Waals surface area contributed by atoms with Crippen molar-refractivity contribution >= 4 is 23.4 Å². The minimum Gasteiger partial charge on any atom is -0.459 e. The molecule has 6 atom stereocenters. The quantitative estimate of drug-likeness (QED) is 0.0381. The van der Waals surface area contributed by atoms with Gasteiger partial charge in [0.1, 0.15) is 35.5 Å². The maximum atomic E-state index is 14.7. The second kappa shape index (κ2) is 21.6. The van der Waals surface area contributed by atoms with E-state index in [2.05, 4.69) is 43.0 Å². The van der Waals surface area contributed by atoms with Crippen molar-refractivity contribution in [3.8, 4) is 39.9 Å². The second-order valence-electron chi connectivity index (χ2n) is 18.6. The summed E-state index contributed by atoms with van der Waals surface area (Å²) >= 11 is 6.15. The number of benzene rings is 4. The fourth-order valence-electron chi connectivity index (χ4n) is 10.1. The molecule has 0 radical (unpaired) electrons. The number of carbonyl (C=O) groups excluding carboxylic acids is 1. The molecule has 2 aliphatic heterocycles. The highest BCUT2D eigenvalue weighted by molar-refractivity contribution is 6.18. The van der Waals surface area contributed by atoms with Crippen LogP contribution < -0.4 is 18.9 Å². The lowest BCUT2D eigenvalue weighted by atomic mass is 9.55. The van der Waals surface area contributed by atoms with Gasteiger partial charge in [-0.25, -0.2) is 4.79 Å². The zero-order chi connectivity index (χ0) is 47.0. The van der Waals surface area contributed by atoms with Crippen LogP contribution in [0.5, 0.6) is 28.7 Å². The van der Waals surface area contributed by atoms with Gasteiger partial charge in [0, 0.05) is 37.7 Å². The second-order valence-corrected chi connectivity index (χ2v) is 19.0. The number of hydrogen-bond donors (Lipinski definition) is 2. The summed E-state index contributed by atoms with van der Waals surface area (Å²) in [6.07, 6.45) is 8.11. The van der Waals surface area contributed by atoms with Crippen LogP contribution in [0, 0.1) is 17.8 Å². The van der Waals surface area contributed by atoms with Crippen molar-refractivity contribution in [2.75, 3.05) is 39.1 Å². The highest BCUT2D eigenvalue weighted by Crippen LogP contribution is 2.62. The summed E-state index contributed by atoms with van der Waals surface area (Å²) in [6, 6.07) is 29.0. The van der Waals surface area contributed by atoms with Crippen molar-refractivity contribution in [1.82, 2.24) is 4.90 Å². The lowest BCUT2D eigenvalue weighted by molar-refractivity contribution is -0.256. The zero-order valence-electron chi connectivity index (χ0n) is 38.7. The Morgan fingerprint density at radius 1 is 0.896 bits per heavy atom. The van der Waals surface area contributed by atoms with Crippen molar-refractivity contribution in [2.24, 2.45) is 22.9 Å². The molecule has 2 N–H and O–H groups in total. The molecule has 4 aromatic rings. The van der Waals surface area contributed by atoms with Crippen molar-refractivity contribution in [3.63, 3.8) is 0 Å². The van der Waals surface area contributed by atoms with Gasteiger partial charge in [-0.3, -0.25) is 4.90 Å². The number of aliphatic hydroxyl groups is 2. The topological polar surface area (TPSA) is 138 Å². The maximum Gasteiger partial charge on any atom is 0.410 e. The molecular weight excluding hydrogens is 872 g/mol. The normalized spacial score (nSPS) is 23.0. The van der Waals surface area contributed by atoms with Crippen molar-refractivity contribution in [3.05, 3.63) is 126 Å². The van der Waals surface area contributed by atoms with Crippen LogP contribution in [0.1, 0.15) is 82.8 Å². The third-order valence-corrected chi connectivity index (χ3v) is 13.1. The van der Waals surface area contributed by atoms with E-state index >= 15 is 0 Å². The van der Waals surface area contributed by atoms with Gasteiger partial charge in [-0.1, -0.05) is 78.7 Å². The van der Waals surface area contributed by atoms with E-state index in [1.165, 1.54) is 0 Å². The molecule has 356 valence electrons. The number of alkyl halides is 1. The number of ether oxygens (including phenoxy) is 6. The fourth-order valence-corrected chi connectivity index (χ4v) is 10.2. The van der Waals surface area contributed by atoms with Crippen LogP contribution >= 0.6 is 11.6 Å².